The highest BCUT2D eigenvalue weighted by Crippen LogP contribution is 2.42. The van der Waals surface area contributed by atoms with Crippen molar-refractivity contribution in [1.82, 2.24) is 9.97 Å². The molecule has 0 aliphatic carbocycles. The number of hydrogen-bond acceptors (Lipinski definition) is 6. The van der Waals surface area contributed by atoms with E-state index in [0.29, 0.717) is 13.2 Å². The van der Waals surface area contributed by atoms with Gasteiger partial charge in [0.2, 0.25) is 0 Å². The zero-order valence-electron chi connectivity index (χ0n) is 13.7. The number of rotatable bonds is 3. The summed E-state index contributed by atoms with van der Waals surface area (Å²) < 4.78 is 11.3. The molecule has 6 heteroatoms. The molecule has 5 rings (SSSR count). The molecule has 0 N–H and O–H groups in total. The molecule has 2 aromatic heterocycles. The summed E-state index contributed by atoms with van der Waals surface area (Å²) in [5.74, 6) is 1.59. The number of nitrogens with zero attached hydrogens (tertiary/aromatic N) is 2. The van der Waals surface area contributed by atoms with Gasteiger partial charge in [0.15, 0.2) is 11.5 Å². The van der Waals surface area contributed by atoms with Crippen molar-refractivity contribution in [2.75, 3.05) is 13.2 Å². The summed E-state index contributed by atoms with van der Waals surface area (Å²) in [6, 6.07) is 16.4. The molecule has 0 spiro atoms. The molecule has 1 aliphatic rings. The van der Waals surface area contributed by atoms with Crippen LogP contribution in [0.15, 0.2) is 70.2 Å². The predicted molar refractivity (Wildman–Crippen MR) is 104 cm³/mol. The Morgan fingerprint density at radius 1 is 0.923 bits per heavy atom. The quantitative estimate of drug-likeness (QED) is 0.454. The lowest BCUT2D eigenvalue weighted by Crippen LogP contribution is -2.15. The fraction of sp³-hybridized carbons (Fsp3) is 0.100. The van der Waals surface area contributed by atoms with Crippen LogP contribution in [0.25, 0.3) is 21.3 Å². The van der Waals surface area contributed by atoms with E-state index >= 15 is 0 Å². The van der Waals surface area contributed by atoms with Gasteiger partial charge in [-0.15, -0.1) is 11.3 Å². The second kappa shape index (κ2) is 6.63. The highest BCUT2D eigenvalue weighted by Gasteiger charge is 2.16. The van der Waals surface area contributed by atoms with Crippen molar-refractivity contribution >= 4 is 33.3 Å². The van der Waals surface area contributed by atoms with Crippen LogP contribution >= 0.6 is 23.1 Å². The molecule has 2 aromatic carbocycles. The zero-order valence-corrected chi connectivity index (χ0v) is 15.3. The minimum absolute atomic E-state index is 0.585. The van der Waals surface area contributed by atoms with Crippen LogP contribution in [0.5, 0.6) is 11.5 Å². The third-order valence-corrected chi connectivity index (χ3v) is 6.03. The van der Waals surface area contributed by atoms with Crippen LogP contribution in [-0.4, -0.2) is 23.2 Å². The molecule has 0 saturated heterocycles. The van der Waals surface area contributed by atoms with E-state index < -0.39 is 0 Å². The maximum absolute atomic E-state index is 5.70. The van der Waals surface area contributed by atoms with E-state index in [0.717, 1.165) is 31.6 Å². The van der Waals surface area contributed by atoms with Gasteiger partial charge in [-0.1, -0.05) is 42.1 Å². The SMILES string of the molecule is c1ccc(-c2csc3ncnc(Sc4ccc5c(c4)OCCO5)c23)cc1. The summed E-state index contributed by atoms with van der Waals surface area (Å²) in [5, 5.41) is 4.21. The van der Waals surface area contributed by atoms with Gasteiger partial charge in [-0.05, 0) is 23.8 Å². The Balaban J connectivity index is 1.58. The number of benzene rings is 2. The summed E-state index contributed by atoms with van der Waals surface area (Å²) in [6.45, 7) is 1.18. The van der Waals surface area contributed by atoms with Crippen molar-refractivity contribution < 1.29 is 9.47 Å². The third-order valence-electron chi connectivity index (χ3n) is 4.15. The van der Waals surface area contributed by atoms with E-state index in [-0.39, 0.29) is 0 Å². The summed E-state index contributed by atoms with van der Waals surface area (Å²) >= 11 is 3.27. The summed E-state index contributed by atoms with van der Waals surface area (Å²) in [6.07, 6.45) is 1.63. The maximum atomic E-state index is 5.70. The van der Waals surface area contributed by atoms with Crippen LogP contribution in [0.4, 0.5) is 0 Å². The lowest BCUT2D eigenvalue weighted by Gasteiger charge is -2.18. The second-order valence-corrected chi connectivity index (χ2v) is 7.70. The molecule has 0 unspecified atom stereocenters. The van der Waals surface area contributed by atoms with E-state index in [2.05, 4.69) is 39.6 Å². The van der Waals surface area contributed by atoms with Crippen LogP contribution in [0.1, 0.15) is 0 Å². The molecule has 0 amide bonds. The van der Waals surface area contributed by atoms with Crippen LogP contribution in [0.2, 0.25) is 0 Å². The normalized spacial score (nSPS) is 13.1. The van der Waals surface area contributed by atoms with Gasteiger partial charge < -0.3 is 9.47 Å². The minimum atomic E-state index is 0.585. The minimum Gasteiger partial charge on any atom is -0.486 e. The Morgan fingerprint density at radius 2 is 1.77 bits per heavy atom. The molecule has 0 atom stereocenters. The molecule has 4 nitrogen and oxygen atoms in total. The molecule has 128 valence electrons. The van der Waals surface area contributed by atoms with Crippen molar-refractivity contribution in [3.05, 3.63) is 60.2 Å². The average molecular weight is 378 g/mol. The molecule has 0 fully saturated rings. The first-order valence-corrected chi connectivity index (χ1v) is 9.93. The largest absolute Gasteiger partial charge is 0.486 e. The summed E-state index contributed by atoms with van der Waals surface area (Å²) in [5.41, 5.74) is 2.35. The lowest BCUT2D eigenvalue weighted by molar-refractivity contribution is 0.171. The Morgan fingerprint density at radius 3 is 2.65 bits per heavy atom. The van der Waals surface area contributed by atoms with Crippen LogP contribution in [0.3, 0.4) is 0 Å². The molecule has 3 heterocycles. The molecule has 1 aliphatic heterocycles. The second-order valence-electron chi connectivity index (χ2n) is 5.78. The monoisotopic (exact) mass is 378 g/mol. The number of thiophene rings is 1. The number of aromatic nitrogens is 2. The van der Waals surface area contributed by atoms with Crippen molar-refractivity contribution in [1.29, 1.82) is 0 Å². The standard InChI is InChI=1S/C20H14N2O2S2/c1-2-4-13(5-3-1)15-11-25-19-18(15)20(22-12-21-19)26-14-6-7-16-17(10-14)24-9-8-23-16/h1-7,10-12H,8-9H2. The summed E-state index contributed by atoms with van der Waals surface area (Å²) in [4.78, 5) is 11.1. The molecule has 4 aromatic rings. The number of ether oxygens (including phenoxy) is 2. The van der Waals surface area contributed by atoms with Gasteiger partial charge in [-0.3, -0.25) is 0 Å². The Bertz CT molecular complexity index is 1080. The molecular formula is C20H14N2O2S2. The molecular weight excluding hydrogens is 364 g/mol. The van der Waals surface area contributed by atoms with E-state index in [9.17, 15) is 0 Å². The molecule has 0 radical (unpaired) electrons. The van der Waals surface area contributed by atoms with Crippen molar-refractivity contribution in [3.8, 4) is 22.6 Å². The van der Waals surface area contributed by atoms with Crippen LogP contribution in [0, 0.1) is 0 Å². The van der Waals surface area contributed by atoms with Crippen LogP contribution < -0.4 is 9.47 Å². The topological polar surface area (TPSA) is 44.2 Å². The Labute approximate surface area is 158 Å². The van der Waals surface area contributed by atoms with Gasteiger partial charge in [0.05, 0.1) is 5.39 Å². The van der Waals surface area contributed by atoms with Crippen molar-refractivity contribution in [2.24, 2.45) is 0 Å². The lowest BCUT2D eigenvalue weighted by atomic mass is 10.1. The third kappa shape index (κ3) is 2.81. The number of hydrogen-bond donors (Lipinski definition) is 0. The summed E-state index contributed by atoms with van der Waals surface area (Å²) in [7, 11) is 0. The van der Waals surface area contributed by atoms with E-state index in [1.165, 1.54) is 11.1 Å². The molecule has 26 heavy (non-hydrogen) atoms. The fourth-order valence-corrected chi connectivity index (χ4v) is 4.87. The Hall–Kier alpha value is -2.57. The van der Waals surface area contributed by atoms with Crippen molar-refractivity contribution in [2.45, 2.75) is 9.92 Å². The highest BCUT2D eigenvalue weighted by molar-refractivity contribution is 7.99. The average Bonchev–Trinajstić information content (AvgIpc) is 3.14. The predicted octanol–water partition coefficient (Wildman–Crippen LogP) is 5.28. The van der Waals surface area contributed by atoms with Crippen molar-refractivity contribution in [3.63, 3.8) is 0 Å². The fourth-order valence-electron chi connectivity index (χ4n) is 2.95. The van der Waals surface area contributed by atoms with Gasteiger partial charge >= 0.3 is 0 Å². The van der Waals surface area contributed by atoms with Gasteiger partial charge in [-0.25, -0.2) is 9.97 Å². The van der Waals surface area contributed by atoms with E-state index in [1.54, 1.807) is 29.4 Å². The van der Waals surface area contributed by atoms with Gasteiger partial charge in [0.25, 0.3) is 0 Å². The first kappa shape index (κ1) is 15.7. The first-order valence-electron chi connectivity index (χ1n) is 8.23. The van der Waals surface area contributed by atoms with Crippen LogP contribution in [-0.2, 0) is 0 Å². The van der Waals surface area contributed by atoms with Gasteiger partial charge in [-0.2, -0.15) is 0 Å². The van der Waals surface area contributed by atoms with E-state index in [1.807, 2.05) is 24.3 Å². The van der Waals surface area contributed by atoms with Gasteiger partial charge in [0, 0.05) is 15.8 Å². The molecule has 0 bridgehead atoms. The Kier molecular flexibility index (Phi) is 3.99. The first-order chi connectivity index (χ1) is 12.9. The smallest absolute Gasteiger partial charge is 0.162 e. The molecule has 0 saturated carbocycles. The highest BCUT2D eigenvalue weighted by atomic mass is 32.2. The number of fused-ring (bicyclic) bond motifs is 2. The zero-order chi connectivity index (χ0) is 17.3. The maximum Gasteiger partial charge on any atom is 0.162 e. The van der Waals surface area contributed by atoms with Gasteiger partial charge in [0.1, 0.15) is 29.4 Å². The van der Waals surface area contributed by atoms with E-state index in [4.69, 9.17) is 9.47 Å².